The van der Waals surface area contributed by atoms with Crippen LogP contribution in [0.4, 0.5) is 9.18 Å². The van der Waals surface area contributed by atoms with Crippen LogP contribution in [0.25, 0.3) is 10.9 Å². The van der Waals surface area contributed by atoms with E-state index < -0.39 is 29.6 Å². The van der Waals surface area contributed by atoms with E-state index in [1.807, 2.05) is 13.8 Å². The number of aromatic nitrogens is 1. The SMILES string of the molecule is CC(C)COC(=O)N1CCN(C(=O)C(=O)c2c[nH]c3c(C(=O)O)ccc(F)c23)CC1. The molecule has 1 fully saturated rings. The van der Waals surface area contributed by atoms with E-state index in [0.29, 0.717) is 6.61 Å². The molecule has 0 atom stereocenters. The highest BCUT2D eigenvalue weighted by Gasteiger charge is 2.31. The summed E-state index contributed by atoms with van der Waals surface area (Å²) in [6.45, 7) is 4.81. The number of aromatic carboxylic acids is 1. The largest absolute Gasteiger partial charge is 0.478 e. The fourth-order valence-corrected chi connectivity index (χ4v) is 3.24. The number of benzene rings is 1. The number of carbonyl (C=O) groups excluding carboxylic acids is 3. The van der Waals surface area contributed by atoms with Crippen LogP contribution in [0.5, 0.6) is 0 Å². The molecule has 30 heavy (non-hydrogen) atoms. The second-order valence-electron chi connectivity index (χ2n) is 7.43. The number of halogens is 1. The Bertz CT molecular complexity index is 1010. The summed E-state index contributed by atoms with van der Waals surface area (Å²) in [4.78, 5) is 54.0. The lowest BCUT2D eigenvalue weighted by molar-refractivity contribution is -0.128. The summed E-state index contributed by atoms with van der Waals surface area (Å²) >= 11 is 0. The van der Waals surface area contributed by atoms with Crippen LogP contribution in [0.1, 0.15) is 34.6 Å². The Morgan fingerprint density at radius 1 is 1.10 bits per heavy atom. The van der Waals surface area contributed by atoms with Gasteiger partial charge in [0, 0.05) is 37.8 Å². The number of Topliss-reactive ketones (excluding diaryl/α,β-unsaturated/α-hetero) is 1. The first-order valence-electron chi connectivity index (χ1n) is 9.48. The molecule has 9 nitrogen and oxygen atoms in total. The van der Waals surface area contributed by atoms with Crippen LogP contribution < -0.4 is 0 Å². The van der Waals surface area contributed by atoms with E-state index in [2.05, 4.69) is 4.98 Å². The number of carboxylic acid groups (broad SMARTS) is 1. The first kappa shape index (κ1) is 21.3. The zero-order valence-corrected chi connectivity index (χ0v) is 16.6. The lowest BCUT2D eigenvalue weighted by Crippen LogP contribution is -2.52. The molecule has 0 aliphatic carbocycles. The molecule has 0 unspecified atom stereocenters. The number of hydrogen-bond donors (Lipinski definition) is 2. The molecule has 1 aromatic carbocycles. The zero-order valence-electron chi connectivity index (χ0n) is 16.6. The smallest absolute Gasteiger partial charge is 0.409 e. The average Bonchev–Trinajstić information content (AvgIpc) is 3.17. The number of carboxylic acids is 1. The van der Waals surface area contributed by atoms with Gasteiger partial charge < -0.3 is 24.6 Å². The normalized spacial score (nSPS) is 14.3. The fraction of sp³-hybridized carbons (Fsp3) is 0.400. The third-order valence-electron chi connectivity index (χ3n) is 4.82. The number of amides is 2. The van der Waals surface area contributed by atoms with Gasteiger partial charge in [-0.15, -0.1) is 0 Å². The predicted octanol–water partition coefficient (Wildman–Crippen LogP) is 2.12. The zero-order chi connectivity index (χ0) is 22.0. The van der Waals surface area contributed by atoms with Crippen LogP contribution in [-0.4, -0.2) is 76.4 Å². The van der Waals surface area contributed by atoms with E-state index in [4.69, 9.17) is 4.74 Å². The van der Waals surface area contributed by atoms with Crippen molar-refractivity contribution in [1.29, 1.82) is 0 Å². The first-order chi connectivity index (χ1) is 14.2. The molecule has 0 saturated carbocycles. The van der Waals surface area contributed by atoms with E-state index in [1.165, 1.54) is 9.80 Å². The van der Waals surface area contributed by atoms with E-state index in [-0.39, 0.29) is 54.1 Å². The Hall–Kier alpha value is -3.43. The van der Waals surface area contributed by atoms with Crippen molar-refractivity contribution in [2.45, 2.75) is 13.8 Å². The molecular formula is C20H22FN3O6. The van der Waals surface area contributed by atoms with Crippen LogP contribution in [0.15, 0.2) is 18.3 Å². The minimum absolute atomic E-state index is 0.0589. The number of ketones is 1. The number of carbonyl (C=O) groups is 4. The predicted molar refractivity (Wildman–Crippen MR) is 104 cm³/mol. The number of nitrogens with zero attached hydrogens (tertiary/aromatic N) is 2. The second-order valence-corrected chi connectivity index (χ2v) is 7.43. The van der Waals surface area contributed by atoms with E-state index in [0.717, 1.165) is 18.3 Å². The van der Waals surface area contributed by atoms with Gasteiger partial charge in [0.15, 0.2) is 0 Å². The van der Waals surface area contributed by atoms with Gasteiger partial charge in [-0.25, -0.2) is 14.0 Å². The lowest BCUT2D eigenvalue weighted by atomic mass is 10.0. The van der Waals surface area contributed by atoms with Crippen LogP contribution in [0.3, 0.4) is 0 Å². The summed E-state index contributed by atoms with van der Waals surface area (Å²) in [5, 5.41) is 9.00. The van der Waals surface area contributed by atoms with Gasteiger partial charge in [-0.2, -0.15) is 0 Å². The summed E-state index contributed by atoms with van der Waals surface area (Å²) in [6, 6.07) is 2.03. The average molecular weight is 419 g/mol. The third-order valence-corrected chi connectivity index (χ3v) is 4.82. The van der Waals surface area contributed by atoms with Gasteiger partial charge in [0.2, 0.25) is 0 Å². The van der Waals surface area contributed by atoms with E-state index >= 15 is 0 Å². The molecule has 3 rings (SSSR count). The van der Waals surface area contributed by atoms with Gasteiger partial charge in [0.25, 0.3) is 11.7 Å². The quantitative estimate of drug-likeness (QED) is 0.566. The molecule has 1 aliphatic heterocycles. The number of nitrogens with one attached hydrogen (secondary N) is 1. The van der Waals surface area contributed by atoms with Crippen molar-refractivity contribution in [3.63, 3.8) is 0 Å². The van der Waals surface area contributed by atoms with Gasteiger partial charge >= 0.3 is 12.1 Å². The minimum atomic E-state index is -1.28. The number of fused-ring (bicyclic) bond motifs is 1. The molecule has 0 radical (unpaired) electrons. The molecule has 0 bridgehead atoms. The van der Waals surface area contributed by atoms with Crippen LogP contribution in [0.2, 0.25) is 0 Å². The van der Waals surface area contributed by atoms with Crippen molar-refractivity contribution in [2.75, 3.05) is 32.8 Å². The number of aromatic amines is 1. The highest BCUT2D eigenvalue weighted by atomic mass is 19.1. The van der Waals surface area contributed by atoms with E-state index in [9.17, 15) is 28.7 Å². The summed E-state index contributed by atoms with van der Waals surface area (Å²) in [5.74, 6) is -3.67. The van der Waals surface area contributed by atoms with Crippen LogP contribution in [-0.2, 0) is 9.53 Å². The van der Waals surface area contributed by atoms with Gasteiger partial charge in [-0.05, 0) is 18.1 Å². The molecule has 2 aromatic rings. The Kier molecular flexibility index (Phi) is 6.04. The molecular weight excluding hydrogens is 397 g/mol. The van der Waals surface area contributed by atoms with Crippen LogP contribution >= 0.6 is 0 Å². The topological polar surface area (TPSA) is 120 Å². The fourth-order valence-electron chi connectivity index (χ4n) is 3.24. The monoisotopic (exact) mass is 419 g/mol. The van der Waals surface area contributed by atoms with Gasteiger partial charge in [-0.1, -0.05) is 13.8 Å². The highest BCUT2D eigenvalue weighted by Crippen LogP contribution is 2.26. The number of H-pyrrole nitrogens is 1. The van der Waals surface area contributed by atoms with Crippen molar-refractivity contribution >= 4 is 34.7 Å². The maximum Gasteiger partial charge on any atom is 0.409 e. The molecule has 1 saturated heterocycles. The summed E-state index contributed by atoms with van der Waals surface area (Å²) in [5.41, 5.74) is -0.489. The molecule has 2 N–H and O–H groups in total. The summed E-state index contributed by atoms with van der Waals surface area (Å²) < 4.78 is 19.5. The Labute approximate surface area is 171 Å². The number of rotatable bonds is 5. The lowest BCUT2D eigenvalue weighted by Gasteiger charge is -2.33. The summed E-state index contributed by atoms with van der Waals surface area (Å²) in [6.07, 6.45) is 0.668. The maximum absolute atomic E-state index is 14.3. The summed E-state index contributed by atoms with van der Waals surface area (Å²) in [7, 11) is 0. The standard InChI is InChI=1S/C20H22FN3O6/c1-11(2)10-30-20(29)24-7-5-23(6-8-24)18(26)17(25)13-9-22-16-12(19(27)28)3-4-14(21)15(13)16/h3-4,9,11,22H,5-8,10H2,1-2H3,(H,27,28). The Morgan fingerprint density at radius 3 is 2.33 bits per heavy atom. The van der Waals surface area contributed by atoms with Crippen molar-refractivity contribution in [1.82, 2.24) is 14.8 Å². The number of ether oxygens (including phenoxy) is 1. The van der Waals surface area contributed by atoms with Crippen molar-refractivity contribution in [3.8, 4) is 0 Å². The molecule has 160 valence electrons. The van der Waals surface area contributed by atoms with E-state index in [1.54, 1.807) is 0 Å². The minimum Gasteiger partial charge on any atom is -0.478 e. The van der Waals surface area contributed by atoms with Crippen molar-refractivity contribution < 1.29 is 33.4 Å². The molecule has 2 heterocycles. The first-order valence-corrected chi connectivity index (χ1v) is 9.48. The van der Waals surface area contributed by atoms with Crippen molar-refractivity contribution in [3.05, 3.63) is 35.3 Å². The van der Waals surface area contributed by atoms with Crippen LogP contribution in [0, 0.1) is 11.7 Å². The maximum atomic E-state index is 14.3. The van der Waals surface area contributed by atoms with Crippen molar-refractivity contribution in [2.24, 2.45) is 5.92 Å². The van der Waals surface area contributed by atoms with Gasteiger partial charge in [-0.3, -0.25) is 9.59 Å². The molecule has 2 amide bonds. The van der Waals surface area contributed by atoms with Gasteiger partial charge in [0.1, 0.15) is 5.82 Å². The molecule has 1 aliphatic rings. The Morgan fingerprint density at radius 2 is 1.73 bits per heavy atom. The molecule has 0 spiro atoms. The number of hydrogen-bond acceptors (Lipinski definition) is 5. The molecule has 10 heteroatoms. The second kappa shape index (κ2) is 8.52. The number of piperazine rings is 1. The third kappa shape index (κ3) is 4.12. The highest BCUT2D eigenvalue weighted by molar-refractivity contribution is 6.45. The Balaban J connectivity index is 1.72. The van der Waals surface area contributed by atoms with Gasteiger partial charge in [0.05, 0.1) is 23.3 Å². The molecule has 1 aromatic heterocycles.